The monoisotopic (exact) mass is 236 g/mol. The maximum atomic E-state index is 12.4. The van der Waals surface area contributed by atoms with Crippen LogP contribution in [0.15, 0.2) is 18.2 Å². The molecule has 0 heterocycles. The zero-order valence-electron chi connectivity index (χ0n) is 10.0. The Labute approximate surface area is 102 Å². The lowest BCUT2D eigenvalue weighted by Gasteiger charge is -2.20. The molecule has 1 nitrogen and oxygen atoms in total. The lowest BCUT2D eigenvalue weighted by Crippen LogP contribution is -2.22. The molecule has 0 radical (unpaired) electrons. The lowest BCUT2D eigenvalue weighted by atomic mass is 9.84. The molecule has 0 spiro atoms. The molecular weight excluding hydrogens is 220 g/mol. The normalized spacial score (nSPS) is 16.2. The molecule has 0 aromatic heterocycles. The van der Waals surface area contributed by atoms with Gasteiger partial charge in [0.05, 0.1) is 5.02 Å². The predicted molar refractivity (Wildman–Crippen MR) is 67.2 cm³/mol. The van der Waals surface area contributed by atoms with Crippen molar-refractivity contribution in [1.82, 2.24) is 0 Å². The Kier molecular flexibility index (Phi) is 2.83. The number of halogens is 1. The van der Waals surface area contributed by atoms with Crippen LogP contribution in [0.5, 0.6) is 0 Å². The Morgan fingerprint density at radius 1 is 1.31 bits per heavy atom. The first-order valence-corrected chi connectivity index (χ1v) is 6.12. The number of carbonyl (C=O) groups excluding carboxylic acids is 1. The molecule has 0 aliphatic heterocycles. The molecule has 1 fully saturated rings. The second kappa shape index (κ2) is 3.89. The molecule has 1 aromatic carbocycles. The van der Waals surface area contributed by atoms with Crippen molar-refractivity contribution in [2.75, 3.05) is 0 Å². The molecule has 1 aliphatic rings. The first kappa shape index (κ1) is 11.7. The van der Waals surface area contributed by atoms with Gasteiger partial charge in [0.15, 0.2) is 5.78 Å². The van der Waals surface area contributed by atoms with Gasteiger partial charge in [-0.3, -0.25) is 4.79 Å². The summed E-state index contributed by atoms with van der Waals surface area (Å²) < 4.78 is 0. The van der Waals surface area contributed by atoms with Crippen LogP contribution in [0.4, 0.5) is 0 Å². The second-order valence-electron chi connectivity index (χ2n) is 5.56. The highest BCUT2D eigenvalue weighted by molar-refractivity contribution is 6.34. The van der Waals surface area contributed by atoms with Gasteiger partial charge in [0.2, 0.25) is 0 Å². The fourth-order valence-corrected chi connectivity index (χ4v) is 2.16. The van der Waals surface area contributed by atoms with Crippen LogP contribution >= 0.6 is 11.6 Å². The van der Waals surface area contributed by atoms with Crippen LogP contribution in [-0.2, 0) is 0 Å². The Balaban J connectivity index is 2.49. The summed E-state index contributed by atoms with van der Waals surface area (Å²) >= 11 is 6.18. The number of Topliss-reactive ketones (excluding diaryl/α,β-unsaturated/α-hetero) is 1. The minimum Gasteiger partial charge on any atom is -0.294 e. The first-order chi connectivity index (χ1) is 7.41. The molecule has 16 heavy (non-hydrogen) atoms. The zero-order valence-corrected chi connectivity index (χ0v) is 10.8. The number of benzene rings is 1. The van der Waals surface area contributed by atoms with E-state index in [1.54, 1.807) is 0 Å². The SMILES string of the molecule is CC(C)(C)C(=O)c1c(Cl)cccc1C1CC1. The number of ketones is 1. The summed E-state index contributed by atoms with van der Waals surface area (Å²) in [5, 5.41) is 0.601. The first-order valence-electron chi connectivity index (χ1n) is 5.74. The quantitative estimate of drug-likeness (QED) is 0.694. The molecule has 2 heteroatoms. The summed E-state index contributed by atoms with van der Waals surface area (Å²) in [5.41, 5.74) is 1.53. The van der Waals surface area contributed by atoms with Crippen LogP contribution < -0.4 is 0 Å². The Morgan fingerprint density at radius 3 is 2.44 bits per heavy atom. The van der Waals surface area contributed by atoms with Crippen LogP contribution in [-0.4, -0.2) is 5.78 Å². The summed E-state index contributed by atoms with van der Waals surface area (Å²) in [7, 11) is 0. The van der Waals surface area contributed by atoms with Crippen molar-refractivity contribution in [3.05, 3.63) is 34.3 Å². The average molecular weight is 237 g/mol. The molecule has 0 saturated heterocycles. The van der Waals surface area contributed by atoms with Gasteiger partial charge in [0.1, 0.15) is 0 Å². The number of hydrogen-bond acceptors (Lipinski definition) is 1. The van der Waals surface area contributed by atoms with Gasteiger partial charge in [-0.25, -0.2) is 0 Å². The molecule has 0 amide bonds. The summed E-state index contributed by atoms with van der Waals surface area (Å²) in [6.07, 6.45) is 2.37. The lowest BCUT2D eigenvalue weighted by molar-refractivity contribution is 0.0857. The highest BCUT2D eigenvalue weighted by Gasteiger charge is 2.33. The third-order valence-corrected chi connectivity index (χ3v) is 3.29. The van der Waals surface area contributed by atoms with Gasteiger partial charge >= 0.3 is 0 Å². The van der Waals surface area contributed by atoms with E-state index in [-0.39, 0.29) is 11.2 Å². The van der Waals surface area contributed by atoms with Crippen molar-refractivity contribution < 1.29 is 4.79 Å². The van der Waals surface area contributed by atoms with E-state index in [2.05, 4.69) is 0 Å². The molecule has 0 N–H and O–H groups in total. The van der Waals surface area contributed by atoms with Crippen molar-refractivity contribution in [2.45, 2.75) is 39.5 Å². The van der Waals surface area contributed by atoms with E-state index < -0.39 is 0 Å². The van der Waals surface area contributed by atoms with E-state index in [0.717, 1.165) is 11.1 Å². The average Bonchev–Trinajstić information content (AvgIpc) is 2.98. The van der Waals surface area contributed by atoms with Crippen molar-refractivity contribution in [3.8, 4) is 0 Å². The topological polar surface area (TPSA) is 17.1 Å². The Hall–Kier alpha value is -0.820. The van der Waals surface area contributed by atoms with Crippen LogP contribution in [0.25, 0.3) is 0 Å². The van der Waals surface area contributed by atoms with E-state index in [1.165, 1.54) is 12.8 Å². The largest absolute Gasteiger partial charge is 0.294 e. The smallest absolute Gasteiger partial charge is 0.169 e. The van der Waals surface area contributed by atoms with Gasteiger partial charge in [-0.15, -0.1) is 0 Å². The van der Waals surface area contributed by atoms with Crippen LogP contribution in [0.1, 0.15) is 55.5 Å². The predicted octanol–water partition coefficient (Wildman–Crippen LogP) is 4.45. The maximum Gasteiger partial charge on any atom is 0.169 e. The van der Waals surface area contributed by atoms with Crippen molar-refractivity contribution in [3.63, 3.8) is 0 Å². The van der Waals surface area contributed by atoms with Crippen molar-refractivity contribution in [1.29, 1.82) is 0 Å². The summed E-state index contributed by atoms with van der Waals surface area (Å²) in [4.78, 5) is 12.4. The molecular formula is C14H17ClO. The van der Waals surface area contributed by atoms with Crippen molar-refractivity contribution in [2.24, 2.45) is 5.41 Å². The fraction of sp³-hybridized carbons (Fsp3) is 0.500. The molecule has 2 rings (SSSR count). The van der Waals surface area contributed by atoms with Gasteiger partial charge in [0, 0.05) is 11.0 Å². The fourth-order valence-electron chi connectivity index (χ4n) is 1.89. The molecule has 0 bridgehead atoms. The van der Waals surface area contributed by atoms with Crippen LogP contribution in [0, 0.1) is 5.41 Å². The molecule has 1 aromatic rings. The van der Waals surface area contributed by atoms with E-state index in [4.69, 9.17) is 11.6 Å². The van der Waals surface area contributed by atoms with Gasteiger partial charge < -0.3 is 0 Å². The second-order valence-corrected chi connectivity index (χ2v) is 5.96. The third kappa shape index (κ3) is 2.15. The summed E-state index contributed by atoms with van der Waals surface area (Å²) in [5.74, 6) is 0.708. The molecule has 1 saturated carbocycles. The van der Waals surface area contributed by atoms with Gasteiger partial charge in [-0.1, -0.05) is 44.5 Å². The van der Waals surface area contributed by atoms with E-state index >= 15 is 0 Å². The number of rotatable bonds is 2. The minimum absolute atomic E-state index is 0.153. The highest BCUT2D eigenvalue weighted by atomic mass is 35.5. The van der Waals surface area contributed by atoms with Gasteiger partial charge in [-0.2, -0.15) is 0 Å². The van der Waals surface area contributed by atoms with Crippen LogP contribution in [0.3, 0.4) is 0 Å². The van der Waals surface area contributed by atoms with E-state index in [9.17, 15) is 4.79 Å². The van der Waals surface area contributed by atoms with E-state index in [0.29, 0.717) is 10.9 Å². The standard InChI is InChI=1S/C14H17ClO/c1-14(2,3)13(16)12-10(9-7-8-9)5-4-6-11(12)15/h4-6,9H,7-8H2,1-3H3. The van der Waals surface area contributed by atoms with Crippen LogP contribution in [0.2, 0.25) is 5.02 Å². The van der Waals surface area contributed by atoms with Gasteiger partial charge in [0.25, 0.3) is 0 Å². The van der Waals surface area contributed by atoms with E-state index in [1.807, 2.05) is 39.0 Å². The Bertz CT molecular complexity index is 425. The molecule has 1 aliphatic carbocycles. The number of carbonyl (C=O) groups is 1. The van der Waals surface area contributed by atoms with Gasteiger partial charge in [-0.05, 0) is 30.4 Å². The Morgan fingerprint density at radius 2 is 1.94 bits per heavy atom. The highest BCUT2D eigenvalue weighted by Crippen LogP contribution is 2.44. The molecule has 86 valence electrons. The molecule has 0 unspecified atom stereocenters. The zero-order chi connectivity index (χ0) is 11.9. The minimum atomic E-state index is -0.366. The van der Waals surface area contributed by atoms with Crippen molar-refractivity contribution >= 4 is 17.4 Å². The summed E-state index contributed by atoms with van der Waals surface area (Å²) in [6, 6.07) is 5.80. The molecule has 0 atom stereocenters. The number of hydrogen-bond donors (Lipinski definition) is 0. The third-order valence-electron chi connectivity index (χ3n) is 2.97. The maximum absolute atomic E-state index is 12.4. The summed E-state index contributed by atoms with van der Waals surface area (Å²) in [6.45, 7) is 5.82.